The van der Waals surface area contributed by atoms with Crippen molar-refractivity contribution in [1.29, 1.82) is 0 Å². The average molecular weight is 415 g/mol. The van der Waals surface area contributed by atoms with Gasteiger partial charge in [-0.3, -0.25) is 18.7 Å². The second-order valence-corrected chi connectivity index (χ2v) is 7.18. The van der Waals surface area contributed by atoms with Crippen LogP contribution in [-0.4, -0.2) is 24.6 Å². The molecule has 2 heterocycles. The number of nitrogens with one attached hydrogen (secondary N) is 1. The summed E-state index contributed by atoms with van der Waals surface area (Å²) < 4.78 is 4.09. The molecule has 1 N–H and O–H groups in total. The van der Waals surface area contributed by atoms with Crippen LogP contribution < -0.4 is 16.6 Å². The maximum Gasteiger partial charge on any atom is 0.332 e. The number of carbonyl (C=O) groups excluding carboxylic acids is 1. The van der Waals surface area contributed by atoms with E-state index in [1.165, 1.54) is 17.7 Å². The summed E-state index contributed by atoms with van der Waals surface area (Å²) in [6, 6.07) is 16.7. The van der Waals surface area contributed by atoms with Gasteiger partial charge in [-0.1, -0.05) is 30.3 Å². The largest absolute Gasteiger partial charge is 0.332 e. The molecule has 0 aliphatic carbocycles. The Hall–Kier alpha value is -4.20. The van der Waals surface area contributed by atoms with Crippen LogP contribution in [0.2, 0.25) is 0 Å². The zero-order valence-electron chi connectivity index (χ0n) is 17.4. The third-order valence-electron chi connectivity index (χ3n) is 5.11. The molecule has 4 rings (SSSR count). The van der Waals surface area contributed by atoms with Gasteiger partial charge in [-0.25, -0.2) is 9.78 Å². The highest BCUT2D eigenvalue weighted by Gasteiger charge is 2.17. The topological polar surface area (TPSA) is 90.9 Å². The molecule has 0 radical (unpaired) electrons. The minimum atomic E-state index is -0.427. The first-order chi connectivity index (χ1) is 14.9. The molecule has 0 spiro atoms. The zero-order valence-corrected chi connectivity index (χ0v) is 17.4. The Kier molecular flexibility index (Phi) is 5.12. The van der Waals surface area contributed by atoms with E-state index in [2.05, 4.69) is 10.3 Å². The fourth-order valence-electron chi connectivity index (χ4n) is 3.40. The van der Waals surface area contributed by atoms with Crippen LogP contribution >= 0.6 is 0 Å². The first-order valence-corrected chi connectivity index (χ1v) is 9.64. The van der Waals surface area contributed by atoms with E-state index in [-0.39, 0.29) is 5.91 Å². The lowest BCUT2D eigenvalue weighted by molar-refractivity contribution is -0.111. The van der Waals surface area contributed by atoms with Gasteiger partial charge in [-0.05, 0) is 35.9 Å². The highest BCUT2D eigenvalue weighted by molar-refractivity contribution is 6.02. The molecule has 0 atom stereocenters. The van der Waals surface area contributed by atoms with Crippen LogP contribution in [0.25, 0.3) is 28.6 Å². The van der Waals surface area contributed by atoms with E-state index in [4.69, 9.17) is 0 Å². The van der Waals surface area contributed by atoms with Gasteiger partial charge in [0.05, 0.1) is 0 Å². The van der Waals surface area contributed by atoms with E-state index in [1.54, 1.807) is 49.0 Å². The molecular weight excluding hydrogens is 394 g/mol. The van der Waals surface area contributed by atoms with Crippen LogP contribution in [0.5, 0.6) is 0 Å². The number of amides is 1. The third-order valence-corrected chi connectivity index (χ3v) is 5.11. The molecule has 2 aromatic heterocycles. The Balaban J connectivity index is 1.60. The SMILES string of the molecule is Cn1c(=O)c2c(nc(-c3ccc(NC(=O)/C=C/c4ccccc4)cc3)n2C)n(C)c1=O. The third kappa shape index (κ3) is 3.71. The molecule has 31 heavy (non-hydrogen) atoms. The predicted octanol–water partition coefficient (Wildman–Crippen LogP) is 2.29. The number of fused-ring (bicyclic) bond motifs is 1. The van der Waals surface area contributed by atoms with E-state index in [1.807, 2.05) is 30.3 Å². The van der Waals surface area contributed by atoms with Crippen LogP contribution in [0.3, 0.4) is 0 Å². The minimum absolute atomic E-state index is 0.238. The number of aromatic nitrogens is 4. The van der Waals surface area contributed by atoms with E-state index >= 15 is 0 Å². The van der Waals surface area contributed by atoms with Crippen molar-refractivity contribution in [2.24, 2.45) is 21.1 Å². The summed E-state index contributed by atoms with van der Waals surface area (Å²) in [5, 5.41) is 2.81. The first-order valence-electron chi connectivity index (χ1n) is 9.64. The Morgan fingerprint density at radius 2 is 1.58 bits per heavy atom. The number of imidazole rings is 1. The molecule has 8 nitrogen and oxygen atoms in total. The van der Waals surface area contributed by atoms with Gasteiger partial charge in [0, 0.05) is 38.5 Å². The normalized spacial score (nSPS) is 11.3. The summed E-state index contributed by atoms with van der Waals surface area (Å²) in [4.78, 5) is 41.4. The smallest absolute Gasteiger partial charge is 0.323 e. The lowest BCUT2D eigenvalue weighted by Crippen LogP contribution is -2.37. The fraction of sp³-hybridized carbons (Fsp3) is 0.130. The Bertz CT molecular complexity index is 1420. The van der Waals surface area contributed by atoms with Crippen molar-refractivity contribution >= 4 is 28.8 Å². The lowest BCUT2D eigenvalue weighted by atomic mass is 10.2. The monoisotopic (exact) mass is 415 g/mol. The van der Waals surface area contributed by atoms with E-state index < -0.39 is 11.2 Å². The molecule has 0 saturated carbocycles. The van der Waals surface area contributed by atoms with Crippen molar-refractivity contribution < 1.29 is 4.79 Å². The summed E-state index contributed by atoms with van der Waals surface area (Å²) in [6.45, 7) is 0. The molecule has 0 saturated heterocycles. The number of nitrogens with zero attached hydrogens (tertiary/aromatic N) is 4. The van der Waals surface area contributed by atoms with Gasteiger partial charge in [0.1, 0.15) is 5.82 Å². The Morgan fingerprint density at radius 1 is 0.903 bits per heavy atom. The second-order valence-electron chi connectivity index (χ2n) is 7.18. The summed E-state index contributed by atoms with van der Waals surface area (Å²) in [6.07, 6.45) is 3.22. The Morgan fingerprint density at radius 3 is 2.26 bits per heavy atom. The molecule has 0 aliphatic heterocycles. The van der Waals surface area contributed by atoms with Gasteiger partial charge >= 0.3 is 5.69 Å². The number of aryl methyl sites for hydroxylation is 2. The van der Waals surface area contributed by atoms with Gasteiger partial charge in [-0.15, -0.1) is 0 Å². The van der Waals surface area contributed by atoms with E-state index in [0.29, 0.717) is 22.7 Å². The number of carbonyl (C=O) groups is 1. The molecule has 0 unspecified atom stereocenters. The fourth-order valence-corrected chi connectivity index (χ4v) is 3.40. The van der Waals surface area contributed by atoms with Crippen LogP contribution in [0.15, 0.2) is 70.3 Å². The summed E-state index contributed by atoms with van der Waals surface area (Å²) in [5.41, 5.74) is 2.18. The van der Waals surface area contributed by atoms with E-state index in [9.17, 15) is 14.4 Å². The van der Waals surface area contributed by atoms with Crippen molar-refractivity contribution in [2.75, 3.05) is 5.32 Å². The van der Waals surface area contributed by atoms with Crippen molar-refractivity contribution in [1.82, 2.24) is 18.7 Å². The molecular formula is C23H21N5O3. The van der Waals surface area contributed by atoms with Crippen LogP contribution in [0.1, 0.15) is 5.56 Å². The number of benzene rings is 2. The minimum Gasteiger partial charge on any atom is -0.323 e. The number of hydrogen-bond donors (Lipinski definition) is 1. The van der Waals surface area contributed by atoms with Crippen molar-refractivity contribution in [3.8, 4) is 11.4 Å². The molecule has 1 amide bonds. The molecule has 0 aliphatic rings. The molecule has 8 heteroatoms. The standard InChI is InChI=1S/C23H21N5O3/c1-26-19-21(27(2)23(31)28(3)22(19)30)25-20(26)16-10-12-17(13-11-16)24-18(29)14-9-15-7-5-4-6-8-15/h4-14H,1-3H3,(H,24,29)/b14-9+. The summed E-state index contributed by atoms with van der Waals surface area (Å²) in [7, 11) is 4.77. The number of rotatable bonds is 4. The quantitative estimate of drug-likeness (QED) is 0.518. The predicted molar refractivity (Wildman–Crippen MR) is 121 cm³/mol. The number of anilines is 1. The van der Waals surface area contributed by atoms with Gasteiger partial charge in [0.25, 0.3) is 5.56 Å². The van der Waals surface area contributed by atoms with Crippen LogP contribution in [0, 0.1) is 0 Å². The van der Waals surface area contributed by atoms with Crippen LogP contribution in [-0.2, 0) is 25.9 Å². The van der Waals surface area contributed by atoms with Crippen LogP contribution in [0.4, 0.5) is 5.69 Å². The second kappa shape index (κ2) is 7.91. The van der Waals surface area contributed by atoms with Crippen molar-refractivity contribution in [3.63, 3.8) is 0 Å². The van der Waals surface area contributed by atoms with E-state index in [0.717, 1.165) is 15.7 Å². The van der Waals surface area contributed by atoms with Gasteiger partial charge < -0.3 is 9.88 Å². The molecule has 156 valence electrons. The Labute approximate surface area is 177 Å². The maximum atomic E-state index is 12.5. The summed E-state index contributed by atoms with van der Waals surface area (Å²) in [5.74, 6) is 0.313. The van der Waals surface area contributed by atoms with Crippen molar-refractivity contribution in [2.45, 2.75) is 0 Å². The van der Waals surface area contributed by atoms with Gasteiger partial charge in [0.2, 0.25) is 5.91 Å². The molecule has 0 fully saturated rings. The maximum absolute atomic E-state index is 12.5. The van der Waals surface area contributed by atoms with Crippen molar-refractivity contribution in [3.05, 3.63) is 87.1 Å². The number of hydrogen-bond acceptors (Lipinski definition) is 4. The highest BCUT2D eigenvalue weighted by atomic mass is 16.2. The first kappa shape index (κ1) is 20.1. The molecule has 0 bridgehead atoms. The zero-order chi connectivity index (χ0) is 22.1. The molecule has 2 aromatic carbocycles. The lowest BCUT2D eigenvalue weighted by Gasteiger charge is -2.05. The summed E-state index contributed by atoms with van der Waals surface area (Å²) >= 11 is 0. The van der Waals surface area contributed by atoms with Gasteiger partial charge in [-0.2, -0.15) is 0 Å². The average Bonchev–Trinajstić information content (AvgIpc) is 3.13. The van der Waals surface area contributed by atoms with Gasteiger partial charge in [0.15, 0.2) is 11.2 Å². The highest BCUT2D eigenvalue weighted by Crippen LogP contribution is 2.23. The molecule has 4 aromatic rings.